The first-order valence-electron chi connectivity index (χ1n) is 7.58. The number of rotatable bonds is 5. The summed E-state index contributed by atoms with van der Waals surface area (Å²) in [5.41, 5.74) is 2.41. The number of aryl methyl sites for hydroxylation is 1. The molecule has 3 aromatic heterocycles. The molecule has 25 heavy (non-hydrogen) atoms. The van der Waals surface area contributed by atoms with E-state index >= 15 is 0 Å². The van der Waals surface area contributed by atoms with Crippen molar-refractivity contribution >= 4 is 11.0 Å². The molecule has 0 amide bonds. The summed E-state index contributed by atoms with van der Waals surface area (Å²) in [5.74, 6) is 1.22. The average molecular weight is 337 g/mol. The molecule has 0 radical (unpaired) electrons. The topological polar surface area (TPSA) is 92.8 Å². The number of fused-ring (bicyclic) bond motifs is 1. The molecule has 0 aliphatic rings. The summed E-state index contributed by atoms with van der Waals surface area (Å²) >= 11 is 0. The van der Waals surface area contributed by atoms with Crippen LogP contribution in [0.4, 0.5) is 0 Å². The Bertz CT molecular complexity index is 1010. The third kappa shape index (κ3) is 2.75. The van der Waals surface area contributed by atoms with Gasteiger partial charge in [0.15, 0.2) is 0 Å². The van der Waals surface area contributed by atoms with Crippen molar-refractivity contribution in [3.05, 3.63) is 48.3 Å². The maximum absolute atomic E-state index is 5.90. The summed E-state index contributed by atoms with van der Waals surface area (Å²) in [5, 5.41) is 11.6. The van der Waals surface area contributed by atoms with E-state index in [1.807, 2.05) is 36.4 Å². The molecule has 0 aliphatic carbocycles. The molecule has 0 aliphatic heterocycles. The summed E-state index contributed by atoms with van der Waals surface area (Å²) in [6.45, 7) is 0.262. The lowest BCUT2D eigenvalue weighted by molar-refractivity contribution is 0.271. The number of ether oxygens (including phenoxy) is 2. The van der Waals surface area contributed by atoms with E-state index in [9.17, 15) is 0 Å². The Hall–Kier alpha value is -3.49. The van der Waals surface area contributed by atoms with Gasteiger partial charge < -0.3 is 9.47 Å². The largest absolute Gasteiger partial charge is 0.495 e. The van der Waals surface area contributed by atoms with Crippen LogP contribution in [0.15, 0.2) is 42.6 Å². The number of nitrogens with zero attached hydrogens (tertiary/aromatic N) is 7. The summed E-state index contributed by atoms with van der Waals surface area (Å²) in [6, 6.07) is 11.8. The van der Waals surface area contributed by atoms with Crippen molar-refractivity contribution in [2.24, 2.45) is 7.05 Å². The van der Waals surface area contributed by atoms with Crippen LogP contribution < -0.4 is 9.47 Å². The third-order valence-electron chi connectivity index (χ3n) is 3.71. The molecular weight excluding hydrogens is 322 g/mol. The van der Waals surface area contributed by atoms with Gasteiger partial charge in [0, 0.05) is 7.05 Å². The van der Waals surface area contributed by atoms with E-state index in [0.29, 0.717) is 17.7 Å². The second-order valence-corrected chi connectivity index (χ2v) is 5.30. The Morgan fingerprint density at radius 3 is 2.72 bits per heavy atom. The van der Waals surface area contributed by atoms with Gasteiger partial charge in [-0.05, 0) is 34.7 Å². The predicted octanol–water partition coefficient (Wildman–Crippen LogP) is 1.53. The summed E-state index contributed by atoms with van der Waals surface area (Å²) < 4.78 is 14.3. The number of methoxy groups -OCH3 is 1. The van der Waals surface area contributed by atoms with Crippen molar-refractivity contribution in [2.45, 2.75) is 6.61 Å². The van der Waals surface area contributed by atoms with Crippen LogP contribution in [0.5, 0.6) is 11.8 Å². The van der Waals surface area contributed by atoms with E-state index < -0.39 is 0 Å². The highest BCUT2D eigenvalue weighted by atomic mass is 16.5. The Morgan fingerprint density at radius 1 is 1.12 bits per heavy atom. The number of hydrogen-bond donors (Lipinski definition) is 0. The first-order valence-corrected chi connectivity index (χ1v) is 7.58. The van der Waals surface area contributed by atoms with Gasteiger partial charge in [0.05, 0.1) is 30.0 Å². The molecule has 1 aromatic carbocycles. The Balaban J connectivity index is 1.70. The lowest BCUT2D eigenvalue weighted by Crippen LogP contribution is -2.08. The number of para-hydroxylation sites is 2. The highest BCUT2D eigenvalue weighted by Gasteiger charge is 2.18. The fraction of sp³-hybridized carbons (Fsp3) is 0.188. The number of benzene rings is 1. The summed E-state index contributed by atoms with van der Waals surface area (Å²) in [7, 11) is 3.36. The van der Waals surface area contributed by atoms with Gasteiger partial charge in [-0.3, -0.25) is 4.98 Å². The summed E-state index contributed by atoms with van der Waals surface area (Å²) in [6.07, 6.45) is 1.65. The van der Waals surface area contributed by atoms with Gasteiger partial charge in [0.1, 0.15) is 12.4 Å². The highest BCUT2D eigenvalue weighted by Crippen LogP contribution is 2.25. The SMILES string of the molecule is COc1ccc(COc2nc3ccccc3n2-c2nnnn2C)nc1. The zero-order valence-corrected chi connectivity index (χ0v) is 13.7. The van der Waals surface area contributed by atoms with E-state index in [1.54, 1.807) is 29.6 Å². The van der Waals surface area contributed by atoms with Crippen LogP contribution in [0.2, 0.25) is 0 Å². The Labute approximate surface area is 142 Å². The zero-order valence-electron chi connectivity index (χ0n) is 13.7. The molecule has 0 fully saturated rings. The molecule has 3 heterocycles. The molecule has 0 atom stereocenters. The van der Waals surface area contributed by atoms with Crippen LogP contribution in [-0.4, -0.2) is 41.9 Å². The molecule has 0 bridgehead atoms. The normalized spacial score (nSPS) is 11.0. The standard InChI is InChI=1S/C16H15N7O2/c1-22-15(19-20-21-22)23-14-6-4-3-5-13(14)18-16(23)25-10-11-7-8-12(24-2)9-17-11/h3-9H,10H2,1-2H3. The second-order valence-electron chi connectivity index (χ2n) is 5.30. The van der Waals surface area contributed by atoms with Crippen LogP contribution in [-0.2, 0) is 13.7 Å². The molecule has 0 saturated carbocycles. The molecule has 0 N–H and O–H groups in total. The van der Waals surface area contributed by atoms with Crippen molar-refractivity contribution in [3.8, 4) is 17.7 Å². The lowest BCUT2D eigenvalue weighted by atomic mass is 10.3. The molecule has 0 saturated heterocycles. The number of imidazole rings is 1. The predicted molar refractivity (Wildman–Crippen MR) is 88.5 cm³/mol. The Kier molecular flexibility index (Phi) is 3.73. The van der Waals surface area contributed by atoms with E-state index in [2.05, 4.69) is 25.5 Å². The number of hydrogen-bond acceptors (Lipinski definition) is 7. The van der Waals surface area contributed by atoms with Gasteiger partial charge in [0.25, 0.3) is 5.95 Å². The third-order valence-corrected chi connectivity index (χ3v) is 3.71. The van der Waals surface area contributed by atoms with Gasteiger partial charge in [0.2, 0.25) is 0 Å². The molecule has 126 valence electrons. The molecule has 4 aromatic rings. The van der Waals surface area contributed by atoms with E-state index in [-0.39, 0.29) is 6.61 Å². The monoisotopic (exact) mass is 337 g/mol. The molecule has 9 heteroatoms. The van der Waals surface area contributed by atoms with Crippen molar-refractivity contribution in [3.63, 3.8) is 0 Å². The van der Waals surface area contributed by atoms with Crippen LogP contribution >= 0.6 is 0 Å². The van der Waals surface area contributed by atoms with Gasteiger partial charge in [-0.15, -0.1) is 0 Å². The Morgan fingerprint density at radius 2 is 2.00 bits per heavy atom. The molecule has 9 nitrogen and oxygen atoms in total. The van der Waals surface area contributed by atoms with Gasteiger partial charge >= 0.3 is 6.01 Å². The fourth-order valence-electron chi connectivity index (χ4n) is 2.46. The quantitative estimate of drug-likeness (QED) is 0.545. The van der Waals surface area contributed by atoms with Crippen molar-refractivity contribution < 1.29 is 9.47 Å². The average Bonchev–Trinajstić information content (AvgIpc) is 3.23. The van der Waals surface area contributed by atoms with Crippen molar-refractivity contribution in [1.29, 1.82) is 0 Å². The number of tetrazole rings is 1. The molecule has 4 rings (SSSR count). The molecule has 0 spiro atoms. The van der Waals surface area contributed by atoms with E-state index in [1.165, 1.54) is 0 Å². The minimum absolute atomic E-state index is 0.262. The van der Waals surface area contributed by atoms with Crippen molar-refractivity contribution in [1.82, 2.24) is 34.7 Å². The molecule has 0 unspecified atom stereocenters. The van der Waals surface area contributed by atoms with E-state index in [0.717, 1.165) is 16.7 Å². The van der Waals surface area contributed by atoms with Gasteiger partial charge in [-0.1, -0.05) is 17.2 Å². The van der Waals surface area contributed by atoms with Crippen LogP contribution in [0, 0.1) is 0 Å². The maximum Gasteiger partial charge on any atom is 0.305 e. The maximum atomic E-state index is 5.90. The van der Waals surface area contributed by atoms with Crippen LogP contribution in [0.25, 0.3) is 17.0 Å². The van der Waals surface area contributed by atoms with Gasteiger partial charge in [-0.25, -0.2) is 9.25 Å². The highest BCUT2D eigenvalue weighted by molar-refractivity contribution is 5.78. The fourth-order valence-corrected chi connectivity index (χ4v) is 2.46. The van der Waals surface area contributed by atoms with Crippen molar-refractivity contribution in [2.75, 3.05) is 7.11 Å². The first kappa shape index (κ1) is 15.1. The smallest absolute Gasteiger partial charge is 0.305 e. The minimum Gasteiger partial charge on any atom is -0.495 e. The summed E-state index contributed by atoms with van der Waals surface area (Å²) in [4.78, 5) is 8.83. The van der Waals surface area contributed by atoms with Crippen LogP contribution in [0.3, 0.4) is 0 Å². The second kappa shape index (κ2) is 6.19. The van der Waals surface area contributed by atoms with Gasteiger partial charge in [-0.2, -0.15) is 4.98 Å². The lowest BCUT2D eigenvalue weighted by Gasteiger charge is -2.08. The molecular formula is C16H15N7O2. The number of aromatic nitrogens is 7. The van der Waals surface area contributed by atoms with E-state index in [4.69, 9.17) is 9.47 Å². The first-order chi connectivity index (χ1) is 12.3. The zero-order chi connectivity index (χ0) is 17.2. The van der Waals surface area contributed by atoms with Crippen LogP contribution in [0.1, 0.15) is 5.69 Å². The number of pyridine rings is 1. The minimum atomic E-state index is 0.262.